The molecule has 0 radical (unpaired) electrons. The number of nitrogens with zero attached hydrogens (tertiary/aromatic N) is 3. The van der Waals surface area contributed by atoms with Crippen LogP contribution in [-0.2, 0) is 11.3 Å². The highest BCUT2D eigenvalue weighted by Gasteiger charge is 2.06. The molecule has 2 rings (SSSR count). The lowest BCUT2D eigenvalue weighted by molar-refractivity contribution is -0.116. The van der Waals surface area contributed by atoms with E-state index >= 15 is 0 Å². The Morgan fingerprint density at radius 2 is 2.24 bits per heavy atom. The number of aromatic nitrogens is 3. The molecule has 1 N–H and O–H groups in total. The number of nitrogens with one attached hydrogen (secondary N) is 1. The molecule has 0 aliphatic carbocycles. The summed E-state index contributed by atoms with van der Waals surface area (Å²) in [6, 6.07) is 7.65. The quantitative estimate of drug-likeness (QED) is 0.866. The molecule has 0 aliphatic heterocycles. The molecule has 1 amide bonds. The number of rotatable bonds is 3. The van der Waals surface area contributed by atoms with E-state index in [0.29, 0.717) is 3.83 Å². The van der Waals surface area contributed by atoms with E-state index in [4.69, 9.17) is 0 Å². The molecule has 6 heteroatoms. The zero-order chi connectivity index (χ0) is 12.3. The van der Waals surface area contributed by atoms with Gasteiger partial charge in [0, 0.05) is 28.3 Å². The van der Waals surface area contributed by atoms with Gasteiger partial charge in [-0.3, -0.25) is 4.79 Å². The Hall–Kier alpha value is -1.44. The number of benzene rings is 1. The van der Waals surface area contributed by atoms with Gasteiger partial charge in [-0.25, -0.2) is 9.67 Å². The number of carbonyl (C=O) groups excluding carboxylic acids is 1. The Morgan fingerprint density at radius 1 is 1.47 bits per heavy atom. The fraction of sp³-hybridized carbons (Fsp3) is 0.182. The maximum atomic E-state index is 11.7. The molecular formula is C11H11IN4O. The van der Waals surface area contributed by atoms with Gasteiger partial charge in [-0.05, 0) is 18.6 Å². The first-order chi connectivity index (χ1) is 8.15. The minimum Gasteiger partial charge on any atom is -0.324 e. The van der Waals surface area contributed by atoms with E-state index in [9.17, 15) is 4.79 Å². The number of anilines is 1. The Balaban J connectivity index is 2.01. The van der Waals surface area contributed by atoms with Gasteiger partial charge in [0.05, 0.1) is 0 Å². The van der Waals surface area contributed by atoms with Gasteiger partial charge in [0.25, 0.3) is 0 Å². The van der Waals surface area contributed by atoms with Crippen LogP contribution in [0.15, 0.2) is 30.6 Å². The molecule has 0 aliphatic rings. The fourth-order valence-electron chi connectivity index (χ4n) is 1.40. The van der Waals surface area contributed by atoms with Crippen LogP contribution in [0.2, 0.25) is 0 Å². The number of para-hydroxylation sites is 1. The molecule has 0 fully saturated rings. The number of aryl methyl sites for hydroxylation is 1. The molecule has 1 heterocycles. The van der Waals surface area contributed by atoms with Gasteiger partial charge in [-0.15, -0.1) is 5.10 Å². The lowest BCUT2D eigenvalue weighted by Crippen LogP contribution is -2.19. The van der Waals surface area contributed by atoms with E-state index in [2.05, 4.69) is 15.4 Å². The predicted molar refractivity (Wildman–Crippen MR) is 72.5 cm³/mol. The highest BCUT2D eigenvalue weighted by Crippen LogP contribution is 2.12. The normalized spacial score (nSPS) is 10.2. The lowest BCUT2D eigenvalue weighted by atomic mass is 10.2. The first-order valence-electron chi connectivity index (χ1n) is 5.05. The van der Waals surface area contributed by atoms with Crippen LogP contribution in [0.25, 0.3) is 0 Å². The van der Waals surface area contributed by atoms with Gasteiger partial charge in [0.2, 0.25) is 9.74 Å². The molecule has 0 saturated heterocycles. The average Bonchev–Trinajstić information content (AvgIpc) is 2.67. The van der Waals surface area contributed by atoms with E-state index in [0.717, 1.165) is 11.3 Å². The van der Waals surface area contributed by atoms with Crippen molar-refractivity contribution in [1.29, 1.82) is 0 Å². The van der Waals surface area contributed by atoms with Crippen molar-refractivity contribution in [3.05, 3.63) is 40.0 Å². The zero-order valence-electron chi connectivity index (χ0n) is 9.22. The predicted octanol–water partition coefficient (Wildman–Crippen LogP) is 1.83. The summed E-state index contributed by atoms with van der Waals surface area (Å²) in [5, 5.41) is 6.88. The summed E-state index contributed by atoms with van der Waals surface area (Å²) in [6.07, 6.45) is 1.54. The van der Waals surface area contributed by atoms with Gasteiger partial charge in [-0.2, -0.15) is 0 Å². The summed E-state index contributed by atoms with van der Waals surface area (Å²) in [5.41, 5.74) is 1.86. The van der Waals surface area contributed by atoms with Crippen molar-refractivity contribution in [2.75, 3.05) is 5.32 Å². The van der Waals surface area contributed by atoms with Crippen molar-refractivity contribution in [3.63, 3.8) is 0 Å². The summed E-state index contributed by atoms with van der Waals surface area (Å²) in [6.45, 7) is 2.12. The zero-order valence-corrected chi connectivity index (χ0v) is 11.4. The maximum Gasteiger partial charge on any atom is 0.246 e. The van der Waals surface area contributed by atoms with E-state index in [1.807, 2.05) is 53.8 Å². The molecule has 0 saturated carbocycles. The molecule has 88 valence electrons. The molecule has 1 aromatic carbocycles. The maximum absolute atomic E-state index is 11.7. The van der Waals surface area contributed by atoms with Crippen LogP contribution in [0, 0.1) is 10.8 Å². The SMILES string of the molecule is Cc1ccccc1NC(=O)Cn1cnc(I)n1. The molecule has 0 atom stereocenters. The standard InChI is InChI=1S/C11H11IN4O/c1-8-4-2-3-5-9(8)14-10(17)6-16-7-13-11(12)15-16/h2-5,7H,6H2,1H3,(H,14,17). The van der Waals surface area contributed by atoms with Crippen LogP contribution in [0.5, 0.6) is 0 Å². The van der Waals surface area contributed by atoms with Gasteiger partial charge in [-0.1, -0.05) is 18.2 Å². The van der Waals surface area contributed by atoms with E-state index in [1.54, 1.807) is 6.33 Å². The summed E-state index contributed by atoms with van der Waals surface area (Å²) in [5.74, 6) is -0.111. The van der Waals surface area contributed by atoms with Crippen molar-refractivity contribution in [3.8, 4) is 0 Å². The fourth-order valence-corrected chi connectivity index (χ4v) is 1.80. The van der Waals surface area contributed by atoms with Crippen molar-refractivity contribution in [1.82, 2.24) is 14.8 Å². The second-order valence-corrected chi connectivity index (χ2v) is 4.54. The molecule has 0 spiro atoms. The Labute approximate surface area is 112 Å². The van der Waals surface area contributed by atoms with Gasteiger partial charge < -0.3 is 5.32 Å². The molecule has 1 aromatic heterocycles. The number of halogens is 1. The first kappa shape index (κ1) is 12.0. The van der Waals surface area contributed by atoms with Gasteiger partial charge in [0.15, 0.2) is 0 Å². The smallest absolute Gasteiger partial charge is 0.246 e. The molecular weight excluding hydrogens is 331 g/mol. The summed E-state index contributed by atoms with van der Waals surface area (Å²) < 4.78 is 2.14. The second kappa shape index (κ2) is 5.26. The Bertz CT molecular complexity index is 538. The van der Waals surface area contributed by atoms with Crippen molar-refractivity contribution < 1.29 is 4.79 Å². The minimum atomic E-state index is -0.111. The monoisotopic (exact) mass is 342 g/mol. The van der Waals surface area contributed by atoms with Gasteiger partial charge >= 0.3 is 0 Å². The summed E-state index contributed by atoms with van der Waals surface area (Å²) in [7, 11) is 0. The van der Waals surface area contributed by atoms with Crippen LogP contribution < -0.4 is 5.32 Å². The molecule has 0 bridgehead atoms. The highest BCUT2D eigenvalue weighted by atomic mass is 127. The highest BCUT2D eigenvalue weighted by molar-refractivity contribution is 14.1. The molecule has 0 unspecified atom stereocenters. The van der Waals surface area contributed by atoms with Crippen molar-refractivity contribution >= 4 is 34.2 Å². The van der Waals surface area contributed by atoms with Gasteiger partial charge in [0.1, 0.15) is 12.9 Å². The third-order valence-corrected chi connectivity index (χ3v) is 2.73. The van der Waals surface area contributed by atoms with Crippen LogP contribution in [0.3, 0.4) is 0 Å². The number of hydrogen-bond acceptors (Lipinski definition) is 3. The summed E-state index contributed by atoms with van der Waals surface area (Å²) >= 11 is 2.00. The van der Waals surface area contributed by atoms with Crippen LogP contribution >= 0.6 is 22.6 Å². The third-order valence-electron chi connectivity index (χ3n) is 2.23. The largest absolute Gasteiger partial charge is 0.324 e. The number of amides is 1. The Morgan fingerprint density at radius 3 is 2.88 bits per heavy atom. The van der Waals surface area contributed by atoms with E-state index in [-0.39, 0.29) is 12.5 Å². The molecule has 17 heavy (non-hydrogen) atoms. The van der Waals surface area contributed by atoms with Crippen LogP contribution in [-0.4, -0.2) is 20.7 Å². The minimum absolute atomic E-state index is 0.111. The van der Waals surface area contributed by atoms with E-state index in [1.165, 1.54) is 4.68 Å². The first-order valence-corrected chi connectivity index (χ1v) is 6.13. The lowest BCUT2D eigenvalue weighted by Gasteiger charge is -2.07. The van der Waals surface area contributed by atoms with Crippen LogP contribution in [0.4, 0.5) is 5.69 Å². The molecule has 2 aromatic rings. The topological polar surface area (TPSA) is 59.8 Å². The molecule has 5 nitrogen and oxygen atoms in total. The van der Waals surface area contributed by atoms with Crippen molar-refractivity contribution in [2.24, 2.45) is 0 Å². The second-order valence-electron chi connectivity index (χ2n) is 3.57. The van der Waals surface area contributed by atoms with Crippen LogP contribution in [0.1, 0.15) is 5.56 Å². The average molecular weight is 342 g/mol. The Kier molecular flexibility index (Phi) is 3.72. The third kappa shape index (κ3) is 3.26. The van der Waals surface area contributed by atoms with Crippen molar-refractivity contribution in [2.45, 2.75) is 13.5 Å². The number of carbonyl (C=O) groups is 1. The van der Waals surface area contributed by atoms with E-state index < -0.39 is 0 Å². The summed E-state index contributed by atoms with van der Waals surface area (Å²) in [4.78, 5) is 15.7. The number of hydrogen-bond donors (Lipinski definition) is 1.